The van der Waals surface area contributed by atoms with E-state index in [1.165, 1.54) is 31.1 Å². The van der Waals surface area contributed by atoms with Gasteiger partial charge >= 0.3 is 5.97 Å². The molecule has 0 saturated carbocycles. The van der Waals surface area contributed by atoms with Gasteiger partial charge < -0.3 is 14.8 Å². The van der Waals surface area contributed by atoms with E-state index in [0.29, 0.717) is 23.6 Å². The molecule has 6 heteroatoms. The first-order valence-corrected chi connectivity index (χ1v) is 12.6. The van der Waals surface area contributed by atoms with Gasteiger partial charge in [-0.15, -0.1) is 0 Å². The van der Waals surface area contributed by atoms with Crippen LogP contribution >= 0.6 is 0 Å². The molecule has 2 aliphatic rings. The summed E-state index contributed by atoms with van der Waals surface area (Å²) in [4.78, 5) is 16.8. The second kappa shape index (κ2) is 11.8. The largest absolute Gasteiger partial charge is 0.493 e. The lowest BCUT2D eigenvalue weighted by Gasteiger charge is -2.44. The lowest BCUT2D eigenvalue weighted by atomic mass is 9.99. The van der Waals surface area contributed by atoms with Crippen LogP contribution in [0.4, 0.5) is 0 Å². The minimum absolute atomic E-state index is 0.289. The fourth-order valence-corrected chi connectivity index (χ4v) is 5.24. The molecule has 0 spiro atoms. The van der Waals surface area contributed by atoms with Crippen molar-refractivity contribution in [2.24, 2.45) is 5.92 Å². The van der Waals surface area contributed by atoms with Crippen LogP contribution in [0.5, 0.6) is 5.75 Å². The number of benzene rings is 2. The number of hydrogen-bond donors (Lipinski definition) is 1. The molecule has 0 amide bonds. The summed E-state index contributed by atoms with van der Waals surface area (Å²) >= 11 is 0. The van der Waals surface area contributed by atoms with Crippen molar-refractivity contribution in [1.29, 1.82) is 0 Å². The Balaban J connectivity index is 1.30. The Morgan fingerprint density at radius 2 is 1.68 bits per heavy atom. The molecular formula is C28H39N3O3. The van der Waals surface area contributed by atoms with Crippen LogP contribution in [0.2, 0.25) is 0 Å². The van der Waals surface area contributed by atoms with Crippen LogP contribution in [0.15, 0.2) is 48.5 Å². The summed E-state index contributed by atoms with van der Waals surface area (Å²) in [5.74, 6) is 1.36. The lowest BCUT2D eigenvalue weighted by molar-refractivity contribution is 0.0290. The number of rotatable bonds is 8. The van der Waals surface area contributed by atoms with E-state index in [2.05, 4.69) is 53.2 Å². The maximum Gasteiger partial charge on any atom is 0.337 e. The quantitative estimate of drug-likeness (QED) is 0.596. The Labute approximate surface area is 204 Å². The zero-order valence-corrected chi connectivity index (χ0v) is 20.8. The summed E-state index contributed by atoms with van der Waals surface area (Å²) in [5, 5.41) is 3.42. The van der Waals surface area contributed by atoms with E-state index in [0.717, 1.165) is 51.6 Å². The van der Waals surface area contributed by atoms with Gasteiger partial charge in [-0.2, -0.15) is 0 Å². The highest BCUT2D eigenvalue weighted by Gasteiger charge is 2.29. The van der Waals surface area contributed by atoms with Crippen molar-refractivity contribution >= 4 is 5.97 Å². The minimum atomic E-state index is -0.289. The highest BCUT2D eigenvalue weighted by molar-refractivity contribution is 5.89. The molecule has 2 atom stereocenters. The topological polar surface area (TPSA) is 54.0 Å². The molecule has 0 aromatic heterocycles. The van der Waals surface area contributed by atoms with Crippen LogP contribution < -0.4 is 10.1 Å². The molecule has 6 nitrogen and oxygen atoms in total. The fraction of sp³-hybridized carbons (Fsp3) is 0.536. The van der Waals surface area contributed by atoms with Gasteiger partial charge in [0.15, 0.2) is 0 Å². The molecule has 0 aliphatic carbocycles. The summed E-state index contributed by atoms with van der Waals surface area (Å²) in [5.41, 5.74) is 3.13. The monoisotopic (exact) mass is 465 g/mol. The van der Waals surface area contributed by atoms with Gasteiger partial charge in [0, 0.05) is 38.3 Å². The first-order valence-electron chi connectivity index (χ1n) is 12.6. The Morgan fingerprint density at radius 3 is 2.35 bits per heavy atom. The second-order valence-electron chi connectivity index (χ2n) is 9.90. The molecule has 0 bridgehead atoms. The van der Waals surface area contributed by atoms with Gasteiger partial charge in [0.2, 0.25) is 0 Å². The molecule has 4 rings (SSSR count). The zero-order valence-electron chi connectivity index (χ0n) is 20.8. The molecule has 1 N–H and O–H groups in total. The predicted molar refractivity (Wildman–Crippen MR) is 135 cm³/mol. The van der Waals surface area contributed by atoms with E-state index in [1.807, 2.05) is 24.3 Å². The van der Waals surface area contributed by atoms with Gasteiger partial charge in [0.05, 0.1) is 19.3 Å². The Kier molecular flexibility index (Phi) is 8.59. The number of carbonyl (C=O) groups excluding carboxylic acids is 1. The van der Waals surface area contributed by atoms with Crippen LogP contribution in [0.25, 0.3) is 0 Å². The Bertz CT molecular complexity index is 915. The van der Waals surface area contributed by atoms with Crippen molar-refractivity contribution in [3.8, 4) is 5.75 Å². The van der Waals surface area contributed by atoms with Crippen molar-refractivity contribution in [3.63, 3.8) is 0 Å². The molecule has 2 fully saturated rings. The molecule has 2 aliphatic heterocycles. The molecular weight excluding hydrogens is 426 g/mol. The summed E-state index contributed by atoms with van der Waals surface area (Å²) in [6, 6.07) is 17.3. The summed E-state index contributed by atoms with van der Waals surface area (Å²) in [6.07, 6.45) is 2.41. The van der Waals surface area contributed by atoms with E-state index in [-0.39, 0.29) is 5.97 Å². The highest BCUT2D eigenvalue weighted by Crippen LogP contribution is 2.23. The number of ether oxygens (including phenoxy) is 2. The van der Waals surface area contributed by atoms with Gasteiger partial charge in [-0.3, -0.25) is 9.80 Å². The van der Waals surface area contributed by atoms with E-state index >= 15 is 0 Å². The lowest BCUT2D eigenvalue weighted by Crippen LogP contribution is -2.55. The fourth-order valence-electron chi connectivity index (χ4n) is 5.24. The van der Waals surface area contributed by atoms with Crippen LogP contribution in [0, 0.1) is 5.92 Å². The molecule has 2 aromatic carbocycles. The number of methoxy groups -OCH3 is 1. The standard InChI is InChI=1S/C28H39N3O3/c1-21-16-30(18-23-7-9-26(10-8-23)28(32)33-3)17-22(2)31(21)19-25-5-4-6-27(15-25)34-20-24-11-13-29-14-12-24/h4-10,15,21-22,24,29H,11-14,16-20H2,1-3H3/t21-,22+. The van der Waals surface area contributed by atoms with Crippen molar-refractivity contribution in [2.75, 3.05) is 39.9 Å². The van der Waals surface area contributed by atoms with Gasteiger partial charge in [0.1, 0.15) is 5.75 Å². The molecule has 34 heavy (non-hydrogen) atoms. The summed E-state index contributed by atoms with van der Waals surface area (Å²) in [6.45, 7) is 11.5. The van der Waals surface area contributed by atoms with E-state index in [4.69, 9.17) is 9.47 Å². The number of piperidine rings is 1. The van der Waals surface area contributed by atoms with Crippen molar-refractivity contribution in [1.82, 2.24) is 15.1 Å². The highest BCUT2D eigenvalue weighted by atomic mass is 16.5. The third-order valence-electron chi connectivity index (χ3n) is 7.17. The number of nitrogens with zero attached hydrogens (tertiary/aromatic N) is 2. The average molecular weight is 466 g/mol. The maximum atomic E-state index is 11.7. The zero-order chi connectivity index (χ0) is 23.9. The van der Waals surface area contributed by atoms with Crippen molar-refractivity contribution in [3.05, 3.63) is 65.2 Å². The maximum absolute atomic E-state index is 11.7. The Morgan fingerprint density at radius 1 is 0.971 bits per heavy atom. The minimum Gasteiger partial charge on any atom is -0.493 e. The smallest absolute Gasteiger partial charge is 0.337 e. The third-order valence-corrected chi connectivity index (χ3v) is 7.17. The molecule has 184 valence electrons. The number of piperazine rings is 1. The number of hydrogen-bond acceptors (Lipinski definition) is 6. The van der Waals surface area contributed by atoms with Crippen molar-refractivity contribution < 1.29 is 14.3 Å². The van der Waals surface area contributed by atoms with E-state index in [1.54, 1.807) is 0 Å². The second-order valence-corrected chi connectivity index (χ2v) is 9.90. The molecule has 2 saturated heterocycles. The molecule has 0 radical (unpaired) electrons. The predicted octanol–water partition coefficient (Wildman–Crippen LogP) is 3.95. The number of esters is 1. The first kappa shape index (κ1) is 24.7. The van der Waals surface area contributed by atoms with E-state index in [9.17, 15) is 4.79 Å². The number of carbonyl (C=O) groups is 1. The van der Waals surface area contributed by atoms with E-state index < -0.39 is 0 Å². The van der Waals surface area contributed by atoms with Crippen molar-refractivity contribution in [2.45, 2.75) is 51.9 Å². The normalized spacial score (nSPS) is 22.4. The summed E-state index contributed by atoms with van der Waals surface area (Å²) < 4.78 is 11.0. The first-order chi connectivity index (χ1) is 16.5. The Hall–Kier alpha value is -2.41. The van der Waals surface area contributed by atoms with Gasteiger partial charge in [-0.05, 0) is 81.1 Å². The average Bonchev–Trinajstić information content (AvgIpc) is 2.86. The van der Waals surface area contributed by atoms with Gasteiger partial charge in [0.25, 0.3) is 0 Å². The molecule has 0 unspecified atom stereocenters. The third kappa shape index (κ3) is 6.59. The molecule has 2 heterocycles. The summed E-state index contributed by atoms with van der Waals surface area (Å²) in [7, 11) is 1.41. The van der Waals surface area contributed by atoms with Crippen LogP contribution in [-0.2, 0) is 17.8 Å². The van der Waals surface area contributed by atoms with Crippen LogP contribution in [-0.4, -0.2) is 67.7 Å². The molecule has 2 aromatic rings. The van der Waals surface area contributed by atoms with Gasteiger partial charge in [-0.25, -0.2) is 4.79 Å². The van der Waals surface area contributed by atoms with Crippen LogP contribution in [0.1, 0.15) is 48.2 Å². The van der Waals surface area contributed by atoms with Gasteiger partial charge in [-0.1, -0.05) is 24.3 Å². The van der Waals surface area contributed by atoms with Crippen LogP contribution in [0.3, 0.4) is 0 Å². The SMILES string of the molecule is COC(=O)c1ccc(CN2C[C@@H](C)N(Cc3cccc(OCC4CCNCC4)c3)[C@@H](C)C2)cc1. The number of nitrogens with one attached hydrogen (secondary N) is 1.